The minimum absolute atomic E-state index is 0.0435. The summed E-state index contributed by atoms with van der Waals surface area (Å²) < 4.78 is 21.6. The molecule has 1 heterocycles. The van der Waals surface area contributed by atoms with Crippen molar-refractivity contribution in [3.63, 3.8) is 0 Å². The van der Waals surface area contributed by atoms with Crippen LogP contribution in [0.1, 0.15) is 47.5 Å². The Morgan fingerprint density at radius 2 is 1.76 bits per heavy atom. The molecule has 0 aromatic rings. The number of aliphatic hydroxyl groups excluding tert-OH is 1. The van der Waals surface area contributed by atoms with Gasteiger partial charge in [-0.1, -0.05) is 38.2 Å². The zero-order chi connectivity index (χ0) is 41.6. The quantitative estimate of drug-likeness (QED) is 0.108. The van der Waals surface area contributed by atoms with Crippen molar-refractivity contribution >= 4 is 47.2 Å². The van der Waals surface area contributed by atoms with Crippen LogP contribution >= 0.6 is 11.8 Å². The highest BCUT2D eigenvalue weighted by Crippen LogP contribution is 2.35. The van der Waals surface area contributed by atoms with Gasteiger partial charge in [-0.15, -0.1) is 11.8 Å². The third kappa shape index (κ3) is 13.8. The number of esters is 1. The predicted octanol–water partition coefficient (Wildman–Crippen LogP) is 1.65. The largest absolute Gasteiger partial charge is 0.467 e. The molecule has 16 nitrogen and oxygen atoms in total. The van der Waals surface area contributed by atoms with Crippen molar-refractivity contribution in [2.45, 2.75) is 77.9 Å². The van der Waals surface area contributed by atoms with Gasteiger partial charge in [0.2, 0.25) is 17.5 Å². The molecule has 1 aliphatic heterocycles. The molecule has 2 bridgehead atoms. The number of hydrogen-bond donors (Lipinski definition) is 5. The maximum atomic E-state index is 14.6. The van der Waals surface area contributed by atoms with Gasteiger partial charge in [0.25, 0.3) is 5.91 Å². The number of ketones is 2. The van der Waals surface area contributed by atoms with Crippen LogP contribution in [-0.2, 0) is 42.9 Å². The summed E-state index contributed by atoms with van der Waals surface area (Å²) in [7, 11) is 7.74. The molecule has 0 saturated heterocycles. The molecule has 1 aliphatic carbocycles. The smallest absolute Gasteiger partial charge is 0.405 e. The predicted molar refractivity (Wildman–Crippen MR) is 207 cm³/mol. The van der Waals surface area contributed by atoms with E-state index < -0.39 is 71.8 Å². The number of likely N-dealkylation sites (N-methyl/N-ethyl adjacent to an activating group) is 1. The number of aliphatic hydroxyl groups is 1. The standard InChI is InChI=1S/C38H57N5O11S/c1-20-16-25-29(40-14-15-43(6)7)33(47)35(55-19-26(37(49)53-10)41-24(5)44)30(32(25)46)42-36(48)21(2)12-11-13-27(51-8)34(54-38(39)50)23(4)18-22(3)31(45)28(17-20)52-9/h11-13,18,20,22,26-28,31,34,40,45H,14-17,19H2,1-10H3,(H2,39,50)(H,41,44)(H,42,48)/b13-11-,21-12-,23-18-/t20-,22+,26+,27+,28+,31-,34+/m1/s1. The highest BCUT2D eigenvalue weighted by molar-refractivity contribution is 8.04. The first-order valence-electron chi connectivity index (χ1n) is 17.8. The lowest BCUT2D eigenvalue weighted by Crippen LogP contribution is -2.43. The van der Waals surface area contributed by atoms with Gasteiger partial charge in [0.1, 0.15) is 17.8 Å². The fraction of sp³-hybridized carbons (Fsp3) is 0.579. The van der Waals surface area contributed by atoms with Crippen molar-refractivity contribution in [3.05, 3.63) is 57.3 Å². The van der Waals surface area contributed by atoms with E-state index in [0.717, 1.165) is 18.9 Å². The fourth-order valence-corrected chi connectivity index (χ4v) is 7.16. The minimum atomic E-state index is -1.17. The molecule has 2 aliphatic rings. The number of nitrogens with two attached hydrogens (primary N) is 1. The zero-order valence-electron chi connectivity index (χ0n) is 33.3. The van der Waals surface area contributed by atoms with Crippen LogP contribution in [0.5, 0.6) is 0 Å². The average molecular weight is 792 g/mol. The van der Waals surface area contributed by atoms with Gasteiger partial charge in [0.05, 0.1) is 29.9 Å². The lowest BCUT2D eigenvalue weighted by Gasteiger charge is -2.30. The van der Waals surface area contributed by atoms with Crippen molar-refractivity contribution in [2.24, 2.45) is 17.6 Å². The lowest BCUT2D eigenvalue weighted by molar-refractivity contribution is -0.144. The Morgan fingerprint density at radius 3 is 2.33 bits per heavy atom. The molecule has 0 spiro atoms. The van der Waals surface area contributed by atoms with Crippen LogP contribution in [0.3, 0.4) is 0 Å². The number of hydrogen-bond acceptors (Lipinski definition) is 14. The summed E-state index contributed by atoms with van der Waals surface area (Å²) in [5.74, 6) is -4.21. The Morgan fingerprint density at radius 1 is 1.09 bits per heavy atom. The molecule has 0 aromatic heterocycles. The molecule has 0 radical (unpaired) electrons. The number of primary amides is 1. The number of carbonyl (C=O) groups is 6. The molecule has 0 aromatic carbocycles. The van der Waals surface area contributed by atoms with Gasteiger partial charge in [0.15, 0.2) is 6.10 Å². The number of nitrogens with zero attached hydrogens (tertiary/aromatic N) is 1. The molecule has 306 valence electrons. The van der Waals surface area contributed by atoms with E-state index in [-0.39, 0.29) is 52.0 Å². The molecule has 0 fully saturated rings. The summed E-state index contributed by atoms with van der Waals surface area (Å²) in [6, 6.07) is -1.17. The Kier molecular flexibility index (Phi) is 19.0. The van der Waals surface area contributed by atoms with Crippen molar-refractivity contribution < 1.29 is 52.8 Å². The van der Waals surface area contributed by atoms with Gasteiger partial charge in [-0.25, -0.2) is 9.59 Å². The van der Waals surface area contributed by atoms with Crippen LogP contribution in [0.15, 0.2) is 57.3 Å². The molecule has 2 rings (SSSR count). The molecular weight excluding hydrogens is 735 g/mol. The third-order valence-corrected chi connectivity index (χ3v) is 10.2. The van der Waals surface area contributed by atoms with Crippen LogP contribution in [0, 0.1) is 11.8 Å². The second-order valence-electron chi connectivity index (χ2n) is 13.9. The van der Waals surface area contributed by atoms with E-state index in [0.29, 0.717) is 18.7 Å². The van der Waals surface area contributed by atoms with Gasteiger partial charge < -0.3 is 50.6 Å². The van der Waals surface area contributed by atoms with E-state index in [1.54, 1.807) is 26.0 Å². The van der Waals surface area contributed by atoms with E-state index in [2.05, 4.69) is 16.0 Å². The first-order valence-corrected chi connectivity index (χ1v) is 18.8. The van der Waals surface area contributed by atoms with E-state index in [9.17, 15) is 33.9 Å². The van der Waals surface area contributed by atoms with Gasteiger partial charge in [-0.3, -0.25) is 19.2 Å². The Labute approximate surface area is 327 Å². The van der Waals surface area contributed by atoms with E-state index in [1.807, 2.05) is 25.9 Å². The van der Waals surface area contributed by atoms with E-state index in [4.69, 9.17) is 24.7 Å². The summed E-state index contributed by atoms with van der Waals surface area (Å²) >= 11 is 0.824. The number of methoxy groups -OCH3 is 3. The molecule has 0 unspecified atom stereocenters. The summed E-state index contributed by atoms with van der Waals surface area (Å²) in [6.45, 7) is 8.89. The number of ether oxygens (including phenoxy) is 4. The fourth-order valence-electron chi connectivity index (χ4n) is 6.09. The molecule has 17 heteroatoms. The Balaban J connectivity index is 2.83. The van der Waals surface area contributed by atoms with Crippen molar-refractivity contribution in [2.75, 3.05) is 54.3 Å². The van der Waals surface area contributed by atoms with Crippen molar-refractivity contribution in [1.82, 2.24) is 20.9 Å². The molecular formula is C38H57N5O11S. The van der Waals surface area contributed by atoms with E-state index in [1.165, 1.54) is 40.2 Å². The number of thioether (sulfide) groups is 1. The number of fused-ring (bicyclic) bond motifs is 2. The first kappa shape index (κ1) is 46.9. The molecule has 7 atom stereocenters. The summed E-state index contributed by atoms with van der Waals surface area (Å²) in [5.41, 5.74) is 5.97. The number of Topliss-reactive ketones (excluding diaryl/α,β-unsaturated/α-hetero) is 2. The first-order chi connectivity index (χ1) is 25.9. The average Bonchev–Trinajstić information content (AvgIpc) is 3.12. The number of allylic oxidation sites excluding steroid dienone is 4. The van der Waals surface area contributed by atoms with Crippen LogP contribution in [0.4, 0.5) is 4.79 Å². The zero-order valence-corrected chi connectivity index (χ0v) is 34.2. The lowest BCUT2D eigenvalue weighted by atomic mass is 9.85. The highest BCUT2D eigenvalue weighted by atomic mass is 32.2. The monoisotopic (exact) mass is 791 g/mol. The second-order valence-corrected chi connectivity index (χ2v) is 14.9. The van der Waals surface area contributed by atoms with Crippen LogP contribution < -0.4 is 21.7 Å². The summed E-state index contributed by atoms with van der Waals surface area (Å²) in [5, 5.41) is 19.7. The molecule has 6 N–H and O–H groups in total. The SMILES string of the molecule is COC(=O)[C@H](CSC1=C2NC(=O)/C(C)=C\C=C/[C@H](OC)[C@@H](OC(N)=O)/C(C)=C\[C@H](C)[C@@H](O)[C@@H](OC)C[C@H](C)CC(=C(NCCN(C)C)C1=O)C2=O)NC(C)=O. The normalized spacial score (nSPS) is 27.7. The molecule has 0 saturated carbocycles. The maximum Gasteiger partial charge on any atom is 0.405 e. The topological polar surface area (TPSA) is 225 Å². The van der Waals surface area contributed by atoms with Crippen LogP contribution in [0.25, 0.3) is 0 Å². The molecule has 3 amide bonds. The van der Waals surface area contributed by atoms with Crippen LogP contribution in [-0.4, -0.2) is 130 Å². The highest BCUT2D eigenvalue weighted by Gasteiger charge is 2.38. The second kappa shape index (κ2) is 22.3. The van der Waals surface area contributed by atoms with Gasteiger partial charge in [-0.2, -0.15) is 0 Å². The minimum Gasteiger partial charge on any atom is -0.467 e. The molecule has 55 heavy (non-hydrogen) atoms. The van der Waals surface area contributed by atoms with Gasteiger partial charge in [0, 0.05) is 57.0 Å². The number of rotatable bonds is 12. The van der Waals surface area contributed by atoms with Crippen LogP contribution in [0.2, 0.25) is 0 Å². The number of carbonyl (C=O) groups excluding carboxylic acids is 6. The Bertz CT molecular complexity index is 1600. The number of nitrogens with one attached hydrogen (secondary N) is 3. The van der Waals surface area contributed by atoms with Gasteiger partial charge in [-0.05, 0) is 52.3 Å². The van der Waals surface area contributed by atoms with Crippen molar-refractivity contribution in [3.8, 4) is 0 Å². The summed E-state index contributed by atoms with van der Waals surface area (Å²) in [6.07, 6.45) is 1.93. The Hall–Kier alpha value is -4.29. The van der Waals surface area contributed by atoms with Gasteiger partial charge >= 0.3 is 12.1 Å². The summed E-state index contributed by atoms with van der Waals surface area (Å²) in [4.78, 5) is 80.8. The number of amides is 3. The van der Waals surface area contributed by atoms with Crippen molar-refractivity contribution in [1.29, 1.82) is 0 Å². The van der Waals surface area contributed by atoms with E-state index >= 15 is 0 Å². The maximum absolute atomic E-state index is 14.6. The third-order valence-electron chi connectivity index (χ3n) is 9.02.